The van der Waals surface area contributed by atoms with E-state index >= 15 is 0 Å². The van der Waals surface area contributed by atoms with Gasteiger partial charge in [0.15, 0.2) is 0 Å². The first-order chi connectivity index (χ1) is 9.68. The Labute approximate surface area is 121 Å². The quantitative estimate of drug-likeness (QED) is 0.811. The summed E-state index contributed by atoms with van der Waals surface area (Å²) in [5.41, 5.74) is 0. The number of carboxylic acid groups (broad SMARTS) is 1. The summed E-state index contributed by atoms with van der Waals surface area (Å²) in [6.07, 6.45) is 0.901. The van der Waals surface area contributed by atoms with Crippen molar-refractivity contribution in [3.63, 3.8) is 0 Å². The first-order valence-corrected chi connectivity index (χ1v) is 7.62. The molecule has 1 N–H and O–H groups in total. The molecule has 0 saturated carbocycles. The van der Waals surface area contributed by atoms with Crippen LogP contribution in [0.15, 0.2) is 30.3 Å². The summed E-state index contributed by atoms with van der Waals surface area (Å²) in [5, 5.41) is 9.02. The third-order valence-electron chi connectivity index (χ3n) is 3.03. The van der Waals surface area contributed by atoms with E-state index in [0.29, 0.717) is 31.1 Å². The van der Waals surface area contributed by atoms with Crippen molar-refractivity contribution in [2.45, 2.75) is 18.9 Å². The zero-order valence-corrected chi connectivity index (χ0v) is 11.8. The lowest BCUT2D eigenvalue weighted by Gasteiger charge is -2.20. The Hall–Kier alpha value is -1.69. The van der Waals surface area contributed by atoms with Crippen LogP contribution in [-0.2, 0) is 9.59 Å². The number of hydrogen-bond acceptors (Lipinski definition) is 4. The van der Waals surface area contributed by atoms with Crippen molar-refractivity contribution in [2.75, 3.05) is 18.2 Å². The maximum Gasteiger partial charge on any atom is 0.327 e. The number of nitrogens with zero attached hydrogens (tertiary/aromatic N) is 1. The van der Waals surface area contributed by atoms with Gasteiger partial charge in [0.1, 0.15) is 11.8 Å². The molecule has 108 valence electrons. The maximum atomic E-state index is 12.0. The van der Waals surface area contributed by atoms with Crippen LogP contribution >= 0.6 is 11.8 Å². The van der Waals surface area contributed by atoms with Crippen LogP contribution in [0.5, 0.6) is 5.75 Å². The van der Waals surface area contributed by atoms with Gasteiger partial charge in [-0.3, -0.25) is 4.79 Å². The van der Waals surface area contributed by atoms with Crippen molar-refractivity contribution in [3.8, 4) is 5.75 Å². The van der Waals surface area contributed by atoms with E-state index in [0.717, 1.165) is 5.75 Å². The largest absolute Gasteiger partial charge is 0.494 e. The van der Waals surface area contributed by atoms with E-state index in [1.54, 1.807) is 0 Å². The molecule has 1 aliphatic heterocycles. The van der Waals surface area contributed by atoms with Crippen LogP contribution in [0.25, 0.3) is 0 Å². The lowest BCUT2D eigenvalue weighted by molar-refractivity contribution is -0.147. The highest BCUT2D eigenvalue weighted by Gasteiger charge is 2.33. The molecule has 1 fully saturated rings. The highest BCUT2D eigenvalue weighted by atomic mass is 32.2. The third kappa shape index (κ3) is 3.90. The Morgan fingerprint density at radius 1 is 1.35 bits per heavy atom. The van der Waals surface area contributed by atoms with Gasteiger partial charge in [0.25, 0.3) is 0 Å². The van der Waals surface area contributed by atoms with E-state index < -0.39 is 12.0 Å². The molecular weight excluding hydrogens is 278 g/mol. The number of amides is 1. The second-order valence-electron chi connectivity index (χ2n) is 4.48. The molecule has 1 aromatic rings. The zero-order chi connectivity index (χ0) is 14.4. The van der Waals surface area contributed by atoms with Gasteiger partial charge in [0.2, 0.25) is 5.91 Å². The van der Waals surface area contributed by atoms with Crippen LogP contribution in [0.2, 0.25) is 0 Å². The second-order valence-corrected chi connectivity index (χ2v) is 5.48. The fourth-order valence-corrected chi connectivity index (χ4v) is 3.14. The van der Waals surface area contributed by atoms with Gasteiger partial charge in [0.05, 0.1) is 12.5 Å². The molecule has 1 aliphatic rings. The van der Waals surface area contributed by atoms with Gasteiger partial charge >= 0.3 is 5.97 Å². The molecule has 0 bridgehead atoms. The van der Waals surface area contributed by atoms with E-state index in [1.807, 2.05) is 30.3 Å². The SMILES string of the molecule is O=C(O)C1CSCN1C(=O)CCCOc1ccccc1. The van der Waals surface area contributed by atoms with Crippen LogP contribution in [0, 0.1) is 0 Å². The predicted octanol–water partition coefficient (Wildman–Crippen LogP) is 1.83. The van der Waals surface area contributed by atoms with Crippen LogP contribution < -0.4 is 4.74 Å². The molecule has 2 rings (SSSR count). The van der Waals surface area contributed by atoms with Gasteiger partial charge in [-0.25, -0.2) is 4.79 Å². The number of hydrogen-bond donors (Lipinski definition) is 1. The summed E-state index contributed by atoms with van der Waals surface area (Å²) in [7, 11) is 0. The van der Waals surface area contributed by atoms with Crippen molar-refractivity contribution in [2.24, 2.45) is 0 Å². The second kappa shape index (κ2) is 7.19. The number of carboxylic acids is 1. The monoisotopic (exact) mass is 295 g/mol. The molecule has 5 nitrogen and oxygen atoms in total. The van der Waals surface area contributed by atoms with E-state index in [2.05, 4.69) is 0 Å². The predicted molar refractivity (Wildman–Crippen MR) is 76.8 cm³/mol. The molecule has 1 heterocycles. The summed E-state index contributed by atoms with van der Waals surface area (Å²) in [5.74, 6) is 0.680. The Bertz CT molecular complexity index is 466. The van der Waals surface area contributed by atoms with Crippen LogP contribution in [-0.4, -0.2) is 46.2 Å². The van der Waals surface area contributed by atoms with Crippen molar-refractivity contribution in [1.29, 1.82) is 0 Å². The number of rotatable bonds is 6. The molecule has 1 amide bonds. The van der Waals surface area contributed by atoms with E-state index in [1.165, 1.54) is 16.7 Å². The Balaban J connectivity index is 1.71. The first kappa shape index (κ1) is 14.7. The minimum atomic E-state index is -0.927. The summed E-state index contributed by atoms with van der Waals surface area (Å²) in [6.45, 7) is 0.453. The van der Waals surface area contributed by atoms with Gasteiger partial charge in [0, 0.05) is 12.2 Å². The Morgan fingerprint density at radius 3 is 2.80 bits per heavy atom. The highest BCUT2D eigenvalue weighted by molar-refractivity contribution is 7.99. The zero-order valence-electron chi connectivity index (χ0n) is 11.0. The molecule has 0 spiro atoms. The maximum absolute atomic E-state index is 12.0. The van der Waals surface area contributed by atoms with E-state index in [-0.39, 0.29) is 5.91 Å². The lowest BCUT2D eigenvalue weighted by Crippen LogP contribution is -2.41. The Kier molecular flexibility index (Phi) is 5.29. The normalized spacial score (nSPS) is 18.0. The van der Waals surface area contributed by atoms with Crippen molar-refractivity contribution >= 4 is 23.6 Å². The van der Waals surface area contributed by atoms with Crippen LogP contribution in [0.1, 0.15) is 12.8 Å². The van der Waals surface area contributed by atoms with Gasteiger partial charge in [-0.05, 0) is 18.6 Å². The number of ether oxygens (including phenoxy) is 1. The lowest BCUT2D eigenvalue weighted by atomic mass is 10.2. The fraction of sp³-hybridized carbons (Fsp3) is 0.429. The van der Waals surface area contributed by atoms with Crippen molar-refractivity contribution in [3.05, 3.63) is 30.3 Å². The molecule has 1 aromatic carbocycles. The number of para-hydroxylation sites is 1. The fourth-order valence-electron chi connectivity index (χ4n) is 1.97. The van der Waals surface area contributed by atoms with E-state index in [4.69, 9.17) is 9.84 Å². The molecule has 1 atom stereocenters. The van der Waals surface area contributed by atoms with E-state index in [9.17, 15) is 9.59 Å². The van der Waals surface area contributed by atoms with Gasteiger partial charge in [-0.2, -0.15) is 0 Å². The minimum absolute atomic E-state index is 0.112. The number of benzene rings is 1. The average Bonchev–Trinajstić information content (AvgIpc) is 2.94. The number of aliphatic carboxylic acids is 1. The molecule has 1 unspecified atom stereocenters. The standard InChI is InChI=1S/C14H17NO4S/c16-13(15-10-20-9-12(15)14(17)18)7-4-8-19-11-5-2-1-3-6-11/h1-3,5-6,12H,4,7-10H2,(H,17,18). The van der Waals surface area contributed by atoms with Crippen molar-refractivity contribution in [1.82, 2.24) is 4.90 Å². The Morgan fingerprint density at radius 2 is 2.10 bits per heavy atom. The molecule has 0 aliphatic carbocycles. The molecule has 6 heteroatoms. The summed E-state index contributed by atoms with van der Waals surface area (Å²) in [6, 6.07) is 8.73. The third-order valence-corrected chi connectivity index (χ3v) is 4.05. The molecule has 1 saturated heterocycles. The summed E-state index contributed by atoms with van der Waals surface area (Å²) >= 11 is 1.48. The first-order valence-electron chi connectivity index (χ1n) is 6.46. The number of carbonyl (C=O) groups excluding carboxylic acids is 1. The number of carbonyl (C=O) groups is 2. The molecule has 20 heavy (non-hydrogen) atoms. The van der Waals surface area contributed by atoms with Crippen molar-refractivity contribution < 1.29 is 19.4 Å². The molecular formula is C14H17NO4S. The minimum Gasteiger partial charge on any atom is -0.494 e. The van der Waals surface area contributed by atoms with Crippen LogP contribution in [0.4, 0.5) is 0 Å². The average molecular weight is 295 g/mol. The van der Waals surface area contributed by atoms with Gasteiger partial charge in [-0.1, -0.05) is 18.2 Å². The summed E-state index contributed by atoms with van der Waals surface area (Å²) in [4.78, 5) is 24.4. The summed E-state index contributed by atoms with van der Waals surface area (Å²) < 4.78 is 5.50. The van der Waals surface area contributed by atoms with Gasteiger partial charge < -0.3 is 14.7 Å². The van der Waals surface area contributed by atoms with Crippen LogP contribution in [0.3, 0.4) is 0 Å². The smallest absolute Gasteiger partial charge is 0.327 e. The molecule has 0 aromatic heterocycles. The van der Waals surface area contributed by atoms with Gasteiger partial charge in [-0.15, -0.1) is 11.8 Å². The molecule has 0 radical (unpaired) electrons. The number of thioether (sulfide) groups is 1. The topological polar surface area (TPSA) is 66.8 Å². The highest BCUT2D eigenvalue weighted by Crippen LogP contribution is 2.22.